The molecular formula is C24H24ClF2N7O6. The molecule has 0 spiro atoms. The second-order valence-corrected chi connectivity index (χ2v) is 8.46. The number of halogens is 3. The van der Waals surface area contributed by atoms with E-state index in [1.807, 2.05) is 0 Å². The number of rotatable bonds is 9. The van der Waals surface area contributed by atoms with Crippen LogP contribution >= 0.6 is 11.6 Å². The van der Waals surface area contributed by atoms with Gasteiger partial charge in [-0.15, -0.1) is 5.10 Å². The summed E-state index contributed by atoms with van der Waals surface area (Å²) < 4.78 is 31.5. The summed E-state index contributed by atoms with van der Waals surface area (Å²) in [5.74, 6) is -1.89. The van der Waals surface area contributed by atoms with Crippen molar-refractivity contribution in [3.63, 3.8) is 0 Å². The standard InChI is InChI=1S/C24H24ClF2N7O6/c1-13-8-14(11-29-39-4)9-15(23(36)32(2)33(3)24(37)38)20(13)30-22(35)17-10-19(40-12-18(26)27)31-34(17)21-16(25)6-5-7-28-21/h5-11,18H,12H2,1-4H3,(H,30,35)(H,37,38)/b29-11+. The molecule has 2 aromatic heterocycles. The first kappa shape index (κ1) is 29.8. The largest absolute Gasteiger partial charge is 0.471 e. The maximum atomic E-state index is 13.5. The molecule has 0 unspecified atom stereocenters. The summed E-state index contributed by atoms with van der Waals surface area (Å²) in [5.41, 5.74) is 0.561. The number of carbonyl (C=O) groups excluding carboxylic acids is 2. The Morgan fingerprint density at radius 2 is 1.98 bits per heavy atom. The van der Waals surface area contributed by atoms with Crippen LogP contribution in [-0.4, -0.2) is 88.2 Å². The number of aromatic nitrogens is 3. The molecule has 0 atom stereocenters. The van der Waals surface area contributed by atoms with Crippen LogP contribution in [0.25, 0.3) is 5.82 Å². The molecule has 0 radical (unpaired) electrons. The average Bonchev–Trinajstić information content (AvgIpc) is 3.35. The number of hydrazine groups is 1. The van der Waals surface area contributed by atoms with Gasteiger partial charge >= 0.3 is 6.09 Å². The number of benzene rings is 1. The van der Waals surface area contributed by atoms with Crippen molar-refractivity contribution in [3.8, 4) is 11.7 Å². The maximum Gasteiger partial charge on any atom is 0.426 e. The number of amides is 3. The zero-order valence-electron chi connectivity index (χ0n) is 21.6. The van der Waals surface area contributed by atoms with Crippen LogP contribution in [0, 0.1) is 6.92 Å². The number of oxime groups is 1. The quantitative estimate of drug-likeness (QED) is 0.288. The number of hydrogen-bond acceptors (Lipinski definition) is 8. The van der Waals surface area contributed by atoms with Crippen LogP contribution < -0.4 is 10.1 Å². The molecule has 0 fully saturated rings. The van der Waals surface area contributed by atoms with E-state index in [1.165, 1.54) is 38.7 Å². The molecule has 0 saturated heterocycles. The summed E-state index contributed by atoms with van der Waals surface area (Å²) in [4.78, 5) is 47.1. The lowest BCUT2D eigenvalue weighted by molar-refractivity contribution is 0.0247. The minimum Gasteiger partial charge on any atom is -0.471 e. The van der Waals surface area contributed by atoms with E-state index in [0.29, 0.717) is 16.1 Å². The summed E-state index contributed by atoms with van der Waals surface area (Å²) >= 11 is 6.23. The Morgan fingerprint density at radius 1 is 1.25 bits per heavy atom. The molecule has 0 aliphatic rings. The highest BCUT2D eigenvalue weighted by Gasteiger charge is 2.27. The van der Waals surface area contributed by atoms with Gasteiger partial charge in [-0.2, -0.15) is 0 Å². The van der Waals surface area contributed by atoms with Crippen LogP contribution in [0.3, 0.4) is 0 Å². The number of aryl methyl sites for hydroxylation is 1. The van der Waals surface area contributed by atoms with E-state index in [4.69, 9.17) is 21.2 Å². The normalized spacial score (nSPS) is 11.0. The number of hydrogen-bond donors (Lipinski definition) is 2. The fourth-order valence-electron chi connectivity index (χ4n) is 3.39. The Kier molecular flexibility index (Phi) is 9.55. The van der Waals surface area contributed by atoms with Crippen LogP contribution in [0.15, 0.2) is 41.7 Å². The van der Waals surface area contributed by atoms with Crippen molar-refractivity contribution in [2.24, 2.45) is 5.16 Å². The van der Waals surface area contributed by atoms with Gasteiger partial charge in [0.2, 0.25) is 5.88 Å². The van der Waals surface area contributed by atoms with E-state index >= 15 is 0 Å². The second kappa shape index (κ2) is 12.8. The first-order valence-corrected chi connectivity index (χ1v) is 11.7. The monoisotopic (exact) mass is 579 g/mol. The zero-order chi connectivity index (χ0) is 29.6. The Balaban J connectivity index is 2.10. The van der Waals surface area contributed by atoms with Crippen molar-refractivity contribution in [1.82, 2.24) is 24.8 Å². The number of nitrogens with zero attached hydrogens (tertiary/aromatic N) is 6. The van der Waals surface area contributed by atoms with Gasteiger partial charge in [0.25, 0.3) is 18.2 Å². The fraction of sp³-hybridized carbons (Fsp3) is 0.250. The smallest absolute Gasteiger partial charge is 0.426 e. The molecule has 3 amide bonds. The van der Waals surface area contributed by atoms with Gasteiger partial charge in [0.1, 0.15) is 12.8 Å². The molecule has 2 N–H and O–H groups in total. The van der Waals surface area contributed by atoms with Gasteiger partial charge in [-0.1, -0.05) is 16.8 Å². The molecule has 0 saturated carbocycles. The van der Waals surface area contributed by atoms with Crippen molar-refractivity contribution in [1.29, 1.82) is 0 Å². The lowest BCUT2D eigenvalue weighted by Gasteiger charge is -2.27. The van der Waals surface area contributed by atoms with Crippen molar-refractivity contribution in [2.75, 3.05) is 33.1 Å². The van der Waals surface area contributed by atoms with E-state index < -0.39 is 30.9 Å². The average molecular weight is 580 g/mol. The van der Waals surface area contributed by atoms with Crippen molar-refractivity contribution < 1.29 is 37.8 Å². The van der Waals surface area contributed by atoms with E-state index in [2.05, 4.69) is 20.6 Å². The van der Waals surface area contributed by atoms with Crippen LogP contribution in [0.5, 0.6) is 5.88 Å². The third kappa shape index (κ3) is 6.79. The number of anilines is 1. The number of pyridine rings is 1. The number of carbonyl (C=O) groups is 3. The highest BCUT2D eigenvalue weighted by Crippen LogP contribution is 2.27. The molecule has 3 rings (SSSR count). The van der Waals surface area contributed by atoms with E-state index in [0.717, 1.165) is 22.8 Å². The van der Waals surface area contributed by atoms with Crippen molar-refractivity contribution in [3.05, 3.63) is 63.9 Å². The fourth-order valence-corrected chi connectivity index (χ4v) is 3.59. The first-order chi connectivity index (χ1) is 18.9. The first-order valence-electron chi connectivity index (χ1n) is 11.3. The molecule has 1 aromatic carbocycles. The topological polar surface area (TPSA) is 151 Å². The van der Waals surface area contributed by atoms with E-state index in [9.17, 15) is 28.3 Å². The van der Waals surface area contributed by atoms with Crippen LogP contribution in [0.2, 0.25) is 5.02 Å². The summed E-state index contributed by atoms with van der Waals surface area (Å²) in [5, 5.41) is 21.3. The molecule has 0 aliphatic carbocycles. The maximum absolute atomic E-state index is 13.5. The Hall–Kier alpha value is -4.79. The lowest BCUT2D eigenvalue weighted by atomic mass is 10.0. The van der Waals surface area contributed by atoms with Gasteiger partial charge < -0.3 is 20.0 Å². The molecule has 212 valence electrons. The SMILES string of the molecule is CO/N=C/c1cc(C)c(NC(=O)c2cc(OCC(F)F)nn2-c2ncccc2Cl)c(C(=O)N(C)N(C)C(=O)O)c1. The van der Waals surface area contributed by atoms with Crippen LogP contribution in [0.1, 0.15) is 32.0 Å². The van der Waals surface area contributed by atoms with Gasteiger partial charge in [0.05, 0.1) is 22.5 Å². The summed E-state index contributed by atoms with van der Waals surface area (Å²) in [6, 6.07) is 7.12. The summed E-state index contributed by atoms with van der Waals surface area (Å²) in [7, 11) is 3.73. The predicted octanol–water partition coefficient (Wildman–Crippen LogP) is 3.70. The number of carboxylic acid groups (broad SMARTS) is 1. The summed E-state index contributed by atoms with van der Waals surface area (Å²) in [6.07, 6.45) is -1.48. The zero-order valence-corrected chi connectivity index (χ0v) is 22.4. The lowest BCUT2D eigenvalue weighted by Crippen LogP contribution is -2.44. The number of alkyl halides is 2. The predicted molar refractivity (Wildman–Crippen MR) is 139 cm³/mol. The Labute approximate surface area is 231 Å². The van der Waals surface area contributed by atoms with Gasteiger partial charge in [-0.3, -0.25) is 9.59 Å². The molecule has 0 aliphatic heterocycles. The Morgan fingerprint density at radius 3 is 2.60 bits per heavy atom. The number of nitrogens with one attached hydrogen (secondary N) is 1. The Bertz CT molecular complexity index is 1450. The van der Waals surface area contributed by atoms with Gasteiger partial charge in [-0.05, 0) is 42.3 Å². The van der Waals surface area contributed by atoms with E-state index in [-0.39, 0.29) is 33.7 Å². The molecular weight excluding hydrogens is 556 g/mol. The number of ether oxygens (including phenoxy) is 1. The molecule has 3 aromatic rings. The molecule has 16 heteroatoms. The van der Waals surface area contributed by atoms with Crippen LogP contribution in [-0.2, 0) is 4.84 Å². The van der Waals surface area contributed by atoms with Gasteiger partial charge in [0, 0.05) is 26.4 Å². The third-order valence-electron chi connectivity index (χ3n) is 5.37. The summed E-state index contributed by atoms with van der Waals surface area (Å²) in [6.45, 7) is 0.626. The van der Waals surface area contributed by atoms with Gasteiger partial charge in [-0.25, -0.2) is 33.3 Å². The highest BCUT2D eigenvalue weighted by atomic mass is 35.5. The minimum atomic E-state index is -2.79. The molecule has 0 bridgehead atoms. The second-order valence-electron chi connectivity index (χ2n) is 8.06. The molecule has 13 nitrogen and oxygen atoms in total. The van der Waals surface area contributed by atoms with Crippen LogP contribution in [0.4, 0.5) is 19.3 Å². The molecule has 2 heterocycles. The van der Waals surface area contributed by atoms with Crippen molar-refractivity contribution in [2.45, 2.75) is 13.3 Å². The molecule has 40 heavy (non-hydrogen) atoms. The van der Waals surface area contributed by atoms with Crippen molar-refractivity contribution >= 4 is 41.4 Å². The third-order valence-corrected chi connectivity index (χ3v) is 5.67. The minimum absolute atomic E-state index is 0.0168. The van der Waals surface area contributed by atoms with E-state index in [1.54, 1.807) is 19.1 Å². The highest BCUT2D eigenvalue weighted by molar-refractivity contribution is 6.32. The van der Waals surface area contributed by atoms with Gasteiger partial charge in [0.15, 0.2) is 12.4 Å².